The highest BCUT2D eigenvalue weighted by atomic mass is 32.2. The molecule has 0 amide bonds. The molecule has 0 aromatic rings. The van der Waals surface area contributed by atoms with Crippen molar-refractivity contribution in [3.8, 4) is 0 Å². The number of nitrogens with one attached hydrogen (secondary N) is 1. The van der Waals surface area contributed by atoms with E-state index in [1.54, 1.807) is 6.92 Å². The average molecular weight is 302 g/mol. The molecule has 6 nitrogen and oxygen atoms in total. The summed E-state index contributed by atoms with van der Waals surface area (Å²) >= 11 is 1.11. The Morgan fingerprint density at radius 1 is 1.65 bits per heavy atom. The van der Waals surface area contributed by atoms with Crippen molar-refractivity contribution in [3.63, 3.8) is 0 Å². The molecule has 0 aliphatic carbocycles. The molecule has 2 atom stereocenters. The number of nitrogens with two attached hydrogens (primary N) is 1. The van der Waals surface area contributed by atoms with Crippen LogP contribution in [0.3, 0.4) is 0 Å². The summed E-state index contributed by atoms with van der Waals surface area (Å²) in [4.78, 5) is 24.4. The smallest absolute Gasteiger partial charge is 0.323 e. The predicted octanol–water partition coefficient (Wildman–Crippen LogP) is 1.52. The van der Waals surface area contributed by atoms with E-state index < -0.39 is 23.5 Å². The summed E-state index contributed by atoms with van der Waals surface area (Å²) < 4.78 is 10.3. The number of ether oxygens (including phenoxy) is 2. The van der Waals surface area contributed by atoms with Crippen molar-refractivity contribution < 1.29 is 19.1 Å². The molecule has 1 heterocycles. The van der Waals surface area contributed by atoms with Crippen LogP contribution >= 0.6 is 11.8 Å². The molecule has 7 heteroatoms. The average Bonchev–Trinajstić information content (AvgIpc) is 2.64. The van der Waals surface area contributed by atoms with Crippen LogP contribution in [0, 0.1) is 16.7 Å². The van der Waals surface area contributed by atoms with E-state index in [2.05, 4.69) is 0 Å². The monoisotopic (exact) mass is 302 g/mol. The maximum atomic E-state index is 12.2. The van der Waals surface area contributed by atoms with Crippen molar-refractivity contribution in [1.29, 1.82) is 5.41 Å². The molecule has 0 unspecified atom stereocenters. The van der Waals surface area contributed by atoms with Gasteiger partial charge in [0.15, 0.2) is 10.6 Å². The number of hydrogen-bond donors (Lipinski definition) is 2. The van der Waals surface area contributed by atoms with Crippen molar-refractivity contribution >= 4 is 28.9 Å². The third kappa shape index (κ3) is 3.88. The van der Waals surface area contributed by atoms with Gasteiger partial charge in [-0.05, 0) is 19.3 Å². The molecule has 1 rings (SSSR count). The Morgan fingerprint density at radius 2 is 2.30 bits per heavy atom. The zero-order valence-electron chi connectivity index (χ0n) is 12.1. The number of amidine groups is 1. The van der Waals surface area contributed by atoms with E-state index in [-0.39, 0.29) is 17.7 Å². The fourth-order valence-corrected chi connectivity index (χ4v) is 2.99. The van der Waals surface area contributed by atoms with Gasteiger partial charge in [-0.2, -0.15) is 0 Å². The SMILES string of the molecule is CCOC(=O)[C@@]1(CC(C)C)C[C@H](CSC(=N)N)OC1=O. The van der Waals surface area contributed by atoms with Gasteiger partial charge in [0.05, 0.1) is 6.61 Å². The van der Waals surface area contributed by atoms with E-state index >= 15 is 0 Å². The van der Waals surface area contributed by atoms with Crippen molar-refractivity contribution in [3.05, 3.63) is 0 Å². The predicted molar refractivity (Wildman–Crippen MR) is 77.4 cm³/mol. The van der Waals surface area contributed by atoms with Crippen LogP contribution in [0.5, 0.6) is 0 Å². The first-order chi connectivity index (χ1) is 9.31. The summed E-state index contributed by atoms with van der Waals surface area (Å²) in [6.45, 7) is 5.85. The number of esters is 2. The largest absolute Gasteiger partial charge is 0.465 e. The van der Waals surface area contributed by atoms with Crippen LogP contribution in [-0.2, 0) is 19.1 Å². The number of rotatable bonds is 6. The lowest BCUT2D eigenvalue weighted by Crippen LogP contribution is -2.38. The molecule has 0 spiro atoms. The summed E-state index contributed by atoms with van der Waals surface area (Å²) in [7, 11) is 0. The Balaban J connectivity index is 2.85. The standard InChI is InChI=1S/C13H22N2O4S/c1-4-18-10(16)13(5-8(2)3)6-9(19-11(13)17)7-20-12(14)15/h8-9H,4-7H2,1-3H3,(H3,14,15)/t9-,13-/m1/s1. The number of thioether (sulfide) groups is 1. The van der Waals surface area contributed by atoms with Gasteiger partial charge in [0.2, 0.25) is 0 Å². The molecular formula is C13H22N2O4S. The minimum atomic E-state index is -1.20. The van der Waals surface area contributed by atoms with E-state index in [1.807, 2.05) is 13.8 Å². The number of cyclic esters (lactones) is 1. The first-order valence-corrected chi connectivity index (χ1v) is 7.65. The molecular weight excluding hydrogens is 280 g/mol. The minimum absolute atomic E-state index is 0.0291. The lowest BCUT2D eigenvalue weighted by atomic mass is 9.77. The molecule has 1 aliphatic heterocycles. The van der Waals surface area contributed by atoms with E-state index in [0.717, 1.165) is 11.8 Å². The molecule has 1 fully saturated rings. The van der Waals surface area contributed by atoms with E-state index in [0.29, 0.717) is 18.6 Å². The van der Waals surface area contributed by atoms with Crippen molar-refractivity contribution in [2.24, 2.45) is 17.1 Å². The van der Waals surface area contributed by atoms with E-state index in [1.165, 1.54) is 0 Å². The summed E-state index contributed by atoms with van der Waals surface area (Å²) in [6.07, 6.45) is 0.300. The fourth-order valence-electron chi connectivity index (χ4n) is 2.44. The van der Waals surface area contributed by atoms with Gasteiger partial charge in [-0.25, -0.2) is 0 Å². The third-order valence-corrected chi connectivity index (χ3v) is 3.94. The van der Waals surface area contributed by atoms with Crippen LogP contribution in [0.15, 0.2) is 0 Å². The quantitative estimate of drug-likeness (QED) is 0.334. The van der Waals surface area contributed by atoms with Gasteiger partial charge < -0.3 is 15.2 Å². The molecule has 3 N–H and O–H groups in total. The maximum Gasteiger partial charge on any atom is 0.323 e. The minimum Gasteiger partial charge on any atom is -0.465 e. The van der Waals surface area contributed by atoms with Gasteiger partial charge in [-0.3, -0.25) is 15.0 Å². The molecule has 0 radical (unpaired) electrons. The van der Waals surface area contributed by atoms with Gasteiger partial charge in [0.25, 0.3) is 0 Å². The Kier molecular flexibility index (Phi) is 5.86. The van der Waals surface area contributed by atoms with E-state index in [4.69, 9.17) is 20.6 Å². The molecule has 0 saturated carbocycles. The third-order valence-electron chi connectivity index (χ3n) is 3.09. The van der Waals surface area contributed by atoms with Crippen LogP contribution in [0.1, 0.15) is 33.6 Å². The van der Waals surface area contributed by atoms with Gasteiger partial charge in [-0.1, -0.05) is 25.6 Å². The summed E-state index contributed by atoms with van der Waals surface area (Å²) in [5.74, 6) is -0.459. The summed E-state index contributed by atoms with van der Waals surface area (Å²) in [5.41, 5.74) is 4.07. The Bertz CT molecular complexity index is 400. The highest BCUT2D eigenvalue weighted by Crippen LogP contribution is 2.41. The van der Waals surface area contributed by atoms with Gasteiger partial charge in [-0.15, -0.1) is 0 Å². The second-order valence-electron chi connectivity index (χ2n) is 5.31. The van der Waals surface area contributed by atoms with Crippen LogP contribution in [0.2, 0.25) is 0 Å². The van der Waals surface area contributed by atoms with Gasteiger partial charge in [0, 0.05) is 12.2 Å². The molecule has 0 bridgehead atoms. The molecule has 0 aromatic carbocycles. The number of carbonyl (C=O) groups excluding carboxylic acids is 2. The Morgan fingerprint density at radius 3 is 2.80 bits per heavy atom. The zero-order chi connectivity index (χ0) is 15.3. The molecule has 114 valence electrons. The van der Waals surface area contributed by atoms with Crippen molar-refractivity contribution in [2.75, 3.05) is 12.4 Å². The molecule has 1 aliphatic rings. The highest BCUT2D eigenvalue weighted by molar-refractivity contribution is 8.13. The van der Waals surface area contributed by atoms with Crippen molar-refractivity contribution in [2.45, 2.75) is 39.7 Å². The Hall–Kier alpha value is -1.24. The fraction of sp³-hybridized carbons (Fsp3) is 0.769. The van der Waals surface area contributed by atoms with Crippen LogP contribution in [0.4, 0.5) is 0 Å². The van der Waals surface area contributed by atoms with Crippen LogP contribution in [-0.4, -0.2) is 35.6 Å². The van der Waals surface area contributed by atoms with Gasteiger partial charge in [0.1, 0.15) is 6.10 Å². The number of carbonyl (C=O) groups is 2. The van der Waals surface area contributed by atoms with Crippen LogP contribution in [0.25, 0.3) is 0 Å². The second-order valence-corrected chi connectivity index (χ2v) is 6.37. The lowest BCUT2D eigenvalue weighted by Gasteiger charge is -2.24. The first-order valence-electron chi connectivity index (χ1n) is 6.67. The van der Waals surface area contributed by atoms with Crippen molar-refractivity contribution in [1.82, 2.24) is 0 Å². The Labute approximate surface area is 123 Å². The molecule has 20 heavy (non-hydrogen) atoms. The number of hydrogen-bond acceptors (Lipinski definition) is 6. The first kappa shape index (κ1) is 16.8. The van der Waals surface area contributed by atoms with Gasteiger partial charge >= 0.3 is 11.9 Å². The lowest BCUT2D eigenvalue weighted by molar-refractivity contribution is -0.166. The zero-order valence-corrected chi connectivity index (χ0v) is 12.9. The maximum absolute atomic E-state index is 12.2. The topological polar surface area (TPSA) is 102 Å². The molecule has 0 aromatic heterocycles. The van der Waals surface area contributed by atoms with Crippen LogP contribution < -0.4 is 5.73 Å². The summed E-state index contributed by atoms with van der Waals surface area (Å²) in [5, 5.41) is 7.15. The normalized spacial score (nSPS) is 25.6. The summed E-state index contributed by atoms with van der Waals surface area (Å²) in [6, 6.07) is 0. The molecule has 1 saturated heterocycles. The highest BCUT2D eigenvalue weighted by Gasteiger charge is 2.56. The second kappa shape index (κ2) is 6.97. The van der Waals surface area contributed by atoms with E-state index in [9.17, 15) is 9.59 Å².